The van der Waals surface area contributed by atoms with Crippen LogP contribution in [-0.2, 0) is 0 Å². The number of rotatable bonds is 4. The molecule has 0 fully saturated rings. The lowest BCUT2D eigenvalue weighted by atomic mass is 9.79. The summed E-state index contributed by atoms with van der Waals surface area (Å²) in [5.74, 6) is 0. The van der Waals surface area contributed by atoms with Crippen molar-refractivity contribution in [2.75, 3.05) is 0 Å². The van der Waals surface area contributed by atoms with Crippen molar-refractivity contribution in [2.24, 2.45) is 0 Å². The van der Waals surface area contributed by atoms with Crippen LogP contribution in [0.1, 0.15) is 11.3 Å². The average Bonchev–Trinajstić information content (AvgIpc) is 2.87. The highest BCUT2D eigenvalue weighted by molar-refractivity contribution is 6.59. The second-order valence-electron chi connectivity index (χ2n) is 5.03. The quantitative estimate of drug-likeness (QED) is 0.725. The van der Waals surface area contributed by atoms with E-state index in [2.05, 4.69) is 17.7 Å². The second kappa shape index (κ2) is 5.68. The molecule has 0 saturated carbocycles. The van der Waals surface area contributed by atoms with Crippen LogP contribution in [0.3, 0.4) is 0 Å². The molecule has 2 aromatic carbocycles. The molecule has 0 unspecified atom stereocenters. The van der Waals surface area contributed by atoms with E-state index in [-0.39, 0.29) is 0 Å². The van der Waals surface area contributed by atoms with E-state index in [0.717, 1.165) is 27.8 Å². The lowest BCUT2D eigenvalue weighted by molar-refractivity contribution is 0.426. The first-order valence-corrected chi connectivity index (χ1v) is 7.02. The Morgan fingerprint density at radius 3 is 2.27 bits per heavy atom. The summed E-state index contributed by atoms with van der Waals surface area (Å²) < 4.78 is 2.09. The third kappa shape index (κ3) is 2.19. The fourth-order valence-corrected chi connectivity index (χ4v) is 2.78. The van der Waals surface area contributed by atoms with Crippen molar-refractivity contribution in [3.63, 3.8) is 0 Å². The third-order valence-electron chi connectivity index (χ3n) is 3.78. The molecule has 3 nitrogen and oxygen atoms in total. The summed E-state index contributed by atoms with van der Waals surface area (Å²) in [4.78, 5) is 0. The summed E-state index contributed by atoms with van der Waals surface area (Å²) >= 11 is 0. The normalized spacial score (nSPS) is 10.6. The third-order valence-corrected chi connectivity index (χ3v) is 3.78. The number of fused-ring (bicyclic) bond motifs is 1. The van der Waals surface area contributed by atoms with Gasteiger partial charge >= 0.3 is 7.12 Å². The molecular formula is C18H16BNO2. The zero-order valence-corrected chi connectivity index (χ0v) is 12.1. The van der Waals surface area contributed by atoms with E-state index in [0.29, 0.717) is 5.46 Å². The molecule has 3 rings (SSSR count). The van der Waals surface area contributed by atoms with E-state index in [1.165, 1.54) is 0 Å². The zero-order chi connectivity index (χ0) is 15.7. The summed E-state index contributed by atoms with van der Waals surface area (Å²) in [6, 6.07) is 15.4. The van der Waals surface area contributed by atoms with Gasteiger partial charge in [0.15, 0.2) is 0 Å². The molecule has 0 spiro atoms. The SMILES string of the molecule is C=Cc1c(C=C)n(-c2ccccc2)c2ccc(B(O)O)cc12. The van der Waals surface area contributed by atoms with Crippen LogP contribution in [0.5, 0.6) is 0 Å². The Hall–Kier alpha value is -2.56. The number of nitrogens with zero attached hydrogens (tertiary/aromatic N) is 1. The van der Waals surface area contributed by atoms with Gasteiger partial charge in [-0.3, -0.25) is 0 Å². The molecule has 3 aromatic rings. The lowest BCUT2D eigenvalue weighted by Crippen LogP contribution is -2.29. The maximum Gasteiger partial charge on any atom is 0.488 e. The number of aromatic nitrogens is 1. The first-order chi connectivity index (χ1) is 10.7. The molecule has 0 atom stereocenters. The van der Waals surface area contributed by atoms with Crippen molar-refractivity contribution in [1.29, 1.82) is 0 Å². The van der Waals surface area contributed by atoms with Gasteiger partial charge in [-0.15, -0.1) is 0 Å². The highest BCUT2D eigenvalue weighted by atomic mass is 16.4. The lowest BCUT2D eigenvalue weighted by Gasteiger charge is -2.09. The van der Waals surface area contributed by atoms with Crippen molar-refractivity contribution >= 4 is 35.6 Å². The van der Waals surface area contributed by atoms with Gasteiger partial charge in [0, 0.05) is 16.6 Å². The van der Waals surface area contributed by atoms with Gasteiger partial charge in [-0.2, -0.15) is 0 Å². The Morgan fingerprint density at radius 1 is 0.955 bits per heavy atom. The van der Waals surface area contributed by atoms with Crippen LogP contribution in [-0.4, -0.2) is 21.7 Å². The van der Waals surface area contributed by atoms with Gasteiger partial charge in [0.25, 0.3) is 0 Å². The van der Waals surface area contributed by atoms with Crippen LogP contribution in [0.4, 0.5) is 0 Å². The average molecular weight is 289 g/mol. The number of benzene rings is 2. The summed E-state index contributed by atoms with van der Waals surface area (Å²) in [5, 5.41) is 19.7. The van der Waals surface area contributed by atoms with E-state index >= 15 is 0 Å². The Bertz CT molecular complexity index is 850. The van der Waals surface area contributed by atoms with Crippen molar-refractivity contribution < 1.29 is 10.0 Å². The fourth-order valence-electron chi connectivity index (χ4n) is 2.78. The standard InChI is InChI=1S/C18H16BNO2/c1-3-15-16-12-13(19(21)22)10-11-18(16)20(17(15)4-2)14-8-6-5-7-9-14/h3-12,21-22H,1-2H2. The molecule has 0 aliphatic carbocycles. The van der Waals surface area contributed by atoms with Crippen molar-refractivity contribution in [2.45, 2.75) is 0 Å². The first kappa shape index (κ1) is 14.4. The largest absolute Gasteiger partial charge is 0.488 e. The van der Waals surface area contributed by atoms with Crippen molar-refractivity contribution in [3.8, 4) is 5.69 Å². The topological polar surface area (TPSA) is 45.4 Å². The molecule has 0 saturated heterocycles. The number of para-hydroxylation sites is 1. The number of hydrogen-bond acceptors (Lipinski definition) is 2. The molecular weight excluding hydrogens is 273 g/mol. The van der Waals surface area contributed by atoms with E-state index in [9.17, 15) is 10.0 Å². The Morgan fingerprint density at radius 2 is 1.68 bits per heavy atom. The first-order valence-electron chi connectivity index (χ1n) is 7.02. The van der Waals surface area contributed by atoms with Crippen molar-refractivity contribution in [1.82, 2.24) is 4.57 Å². The minimum atomic E-state index is -1.49. The van der Waals surface area contributed by atoms with Crippen LogP contribution >= 0.6 is 0 Å². The van der Waals surface area contributed by atoms with E-state index in [1.807, 2.05) is 36.4 Å². The van der Waals surface area contributed by atoms with Crippen LogP contribution in [0.15, 0.2) is 61.7 Å². The van der Waals surface area contributed by atoms with Gasteiger partial charge in [-0.05, 0) is 29.7 Å². The minimum absolute atomic E-state index is 0.455. The zero-order valence-electron chi connectivity index (χ0n) is 12.1. The molecule has 0 amide bonds. The van der Waals surface area contributed by atoms with Gasteiger partial charge in [-0.25, -0.2) is 0 Å². The predicted octanol–water partition coefficient (Wildman–Crippen LogP) is 2.60. The minimum Gasteiger partial charge on any atom is -0.423 e. The van der Waals surface area contributed by atoms with Crippen molar-refractivity contribution in [3.05, 3.63) is 72.9 Å². The van der Waals surface area contributed by atoms with Gasteiger partial charge in [0.1, 0.15) is 0 Å². The fraction of sp³-hybridized carbons (Fsp3) is 0. The van der Waals surface area contributed by atoms with E-state index < -0.39 is 7.12 Å². The monoisotopic (exact) mass is 289 g/mol. The highest BCUT2D eigenvalue weighted by Gasteiger charge is 2.18. The van der Waals surface area contributed by atoms with Crippen LogP contribution in [0.25, 0.3) is 28.7 Å². The molecule has 0 aliphatic rings. The summed E-state index contributed by atoms with van der Waals surface area (Å²) in [5.41, 5.74) is 4.31. The smallest absolute Gasteiger partial charge is 0.423 e. The van der Waals surface area contributed by atoms with Gasteiger partial charge < -0.3 is 14.6 Å². The summed E-state index contributed by atoms with van der Waals surface area (Å²) in [6.45, 7) is 7.80. The molecule has 108 valence electrons. The van der Waals surface area contributed by atoms with Gasteiger partial charge in [-0.1, -0.05) is 49.6 Å². The van der Waals surface area contributed by atoms with Gasteiger partial charge in [0.2, 0.25) is 0 Å². The Kier molecular flexibility index (Phi) is 3.71. The Balaban J connectivity index is 2.41. The van der Waals surface area contributed by atoms with E-state index in [1.54, 1.807) is 24.3 Å². The van der Waals surface area contributed by atoms with Crippen LogP contribution < -0.4 is 5.46 Å². The molecule has 0 aliphatic heterocycles. The highest BCUT2D eigenvalue weighted by Crippen LogP contribution is 2.30. The molecule has 1 aromatic heterocycles. The molecule has 2 N–H and O–H groups in total. The molecule has 0 bridgehead atoms. The summed E-state index contributed by atoms with van der Waals surface area (Å²) in [7, 11) is -1.49. The maximum atomic E-state index is 9.40. The van der Waals surface area contributed by atoms with E-state index in [4.69, 9.17) is 0 Å². The second-order valence-corrected chi connectivity index (χ2v) is 5.03. The summed E-state index contributed by atoms with van der Waals surface area (Å²) in [6.07, 6.45) is 3.56. The Labute approximate surface area is 129 Å². The predicted molar refractivity (Wildman–Crippen MR) is 93.3 cm³/mol. The molecule has 0 radical (unpaired) electrons. The molecule has 4 heteroatoms. The number of hydrogen-bond donors (Lipinski definition) is 2. The molecule has 22 heavy (non-hydrogen) atoms. The maximum absolute atomic E-state index is 9.40. The van der Waals surface area contributed by atoms with Crippen LogP contribution in [0.2, 0.25) is 0 Å². The van der Waals surface area contributed by atoms with Crippen LogP contribution in [0, 0.1) is 0 Å². The molecule has 1 heterocycles. The van der Waals surface area contributed by atoms with Gasteiger partial charge in [0.05, 0.1) is 11.2 Å².